The van der Waals surface area contributed by atoms with E-state index in [2.05, 4.69) is 0 Å². The predicted octanol–water partition coefficient (Wildman–Crippen LogP) is 3.67. The lowest BCUT2D eigenvalue weighted by Crippen LogP contribution is -2.42. The number of ketones is 1. The smallest absolute Gasteiger partial charge is 0.185 e. The molecule has 0 radical (unpaired) electrons. The fourth-order valence-corrected chi connectivity index (χ4v) is 2.72. The Labute approximate surface area is 118 Å². The Balaban J connectivity index is 2.22. The van der Waals surface area contributed by atoms with Crippen LogP contribution in [0.15, 0.2) is 36.2 Å². The zero-order chi connectivity index (χ0) is 14.5. The highest BCUT2D eigenvalue weighted by Gasteiger charge is 2.28. The highest BCUT2D eigenvalue weighted by molar-refractivity contribution is 6.00. The summed E-state index contributed by atoms with van der Waals surface area (Å²) in [7, 11) is 0. The molecule has 1 unspecified atom stereocenters. The summed E-state index contributed by atoms with van der Waals surface area (Å²) in [5.41, 5.74) is 1.33. The summed E-state index contributed by atoms with van der Waals surface area (Å²) in [5.74, 6) is -0.364. The minimum Gasteiger partial charge on any atom is -0.514 e. The predicted molar refractivity (Wildman–Crippen MR) is 76.1 cm³/mol. The van der Waals surface area contributed by atoms with Crippen molar-refractivity contribution in [2.75, 3.05) is 6.54 Å². The van der Waals surface area contributed by atoms with Gasteiger partial charge in [0.2, 0.25) is 0 Å². The topological polar surface area (TPSA) is 40.5 Å². The van der Waals surface area contributed by atoms with Crippen LogP contribution in [-0.2, 0) is 0 Å². The van der Waals surface area contributed by atoms with Crippen molar-refractivity contribution in [2.24, 2.45) is 0 Å². The highest BCUT2D eigenvalue weighted by Crippen LogP contribution is 2.25. The number of likely N-dealkylation sites (tertiary alicyclic amines) is 1. The average molecular weight is 277 g/mol. The molecule has 1 heterocycles. The van der Waals surface area contributed by atoms with Gasteiger partial charge in [-0.3, -0.25) is 4.79 Å². The van der Waals surface area contributed by atoms with E-state index in [9.17, 15) is 14.3 Å². The fraction of sp³-hybridized carbons (Fsp3) is 0.438. The van der Waals surface area contributed by atoms with Crippen molar-refractivity contribution in [3.05, 3.63) is 47.6 Å². The Kier molecular flexibility index (Phi) is 4.77. The zero-order valence-corrected chi connectivity index (χ0v) is 11.7. The van der Waals surface area contributed by atoms with Crippen LogP contribution in [0.2, 0.25) is 0 Å². The van der Waals surface area contributed by atoms with Crippen LogP contribution in [-0.4, -0.2) is 28.4 Å². The number of carbonyl (C=O) groups is 1. The SMILES string of the molecule is CCC(C(=O)c1ccc(F)cc1)N1CCCCC1=CO. The van der Waals surface area contributed by atoms with E-state index in [1.165, 1.54) is 24.3 Å². The van der Waals surface area contributed by atoms with Crippen molar-refractivity contribution in [1.29, 1.82) is 0 Å². The number of aliphatic hydroxyl groups is 1. The molecule has 1 fully saturated rings. The van der Waals surface area contributed by atoms with E-state index in [-0.39, 0.29) is 17.6 Å². The van der Waals surface area contributed by atoms with Crippen LogP contribution in [0, 0.1) is 5.82 Å². The molecule has 0 aromatic heterocycles. The van der Waals surface area contributed by atoms with Crippen LogP contribution >= 0.6 is 0 Å². The standard InChI is InChI=1S/C16H20FNO2/c1-2-15(18-10-4-3-5-14(18)11-19)16(20)12-6-8-13(17)9-7-12/h6-9,11,15,19H,2-5,10H2,1H3. The summed E-state index contributed by atoms with van der Waals surface area (Å²) in [4.78, 5) is 14.6. The van der Waals surface area contributed by atoms with Crippen LogP contribution < -0.4 is 0 Å². The number of piperidine rings is 1. The summed E-state index contributed by atoms with van der Waals surface area (Å²) in [5, 5.41) is 9.33. The summed E-state index contributed by atoms with van der Waals surface area (Å²) in [6.07, 6.45) is 4.62. The molecule has 20 heavy (non-hydrogen) atoms. The van der Waals surface area contributed by atoms with Crippen LogP contribution in [0.5, 0.6) is 0 Å². The van der Waals surface area contributed by atoms with Gasteiger partial charge in [0.05, 0.1) is 12.3 Å². The minimum atomic E-state index is -0.344. The molecule has 4 heteroatoms. The molecule has 1 atom stereocenters. The van der Waals surface area contributed by atoms with Crippen LogP contribution in [0.25, 0.3) is 0 Å². The number of allylic oxidation sites excluding steroid dienone is 1. The molecule has 0 bridgehead atoms. The van der Waals surface area contributed by atoms with Gasteiger partial charge >= 0.3 is 0 Å². The monoisotopic (exact) mass is 277 g/mol. The Morgan fingerprint density at radius 3 is 2.70 bits per heavy atom. The third-order valence-electron chi connectivity index (χ3n) is 3.79. The lowest BCUT2D eigenvalue weighted by atomic mass is 9.97. The molecule has 3 nitrogen and oxygen atoms in total. The molecule has 1 aromatic rings. The van der Waals surface area contributed by atoms with Gasteiger partial charge in [-0.2, -0.15) is 0 Å². The van der Waals surface area contributed by atoms with Crippen molar-refractivity contribution >= 4 is 5.78 Å². The number of rotatable bonds is 4. The quantitative estimate of drug-likeness (QED) is 0.674. The van der Waals surface area contributed by atoms with Crippen molar-refractivity contribution in [3.8, 4) is 0 Å². The van der Waals surface area contributed by atoms with Gasteiger partial charge in [-0.05, 0) is 49.9 Å². The Morgan fingerprint density at radius 1 is 1.40 bits per heavy atom. The summed E-state index contributed by atoms with van der Waals surface area (Å²) >= 11 is 0. The number of halogens is 1. The van der Waals surface area contributed by atoms with Gasteiger partial charge in [0.15, 0.2) is 5.78 Å². The first-order chi connectivity index (χ1) is 9.67. The van der Waals surface area contributed by atoms with Gasteiger partial charge in [0.1, 0.15) is 5.82 Å². The number of hydrogen-bond donors (Lipinski definition) is 1. The second kappa shape index (κ2) is 6.55. The average Bonchev–Trinajstić information content (AvgIpc) is 2.49. The molecule has 1 aromatic carbocycles. The number of nitrogens with zero attached hydrogens (tertiary/aromatic N) is 1. The molecule has 1 aliphatic heterocycles. The second-order valence-electron chi connectivity index (χ2n) is 5.07. The maximum atomic E-state index is 12.9. The minimum absolute atomic E-state index is 0.0197. The van der Waals surface area contributed by atoms with E-state index < -0.39 is 0 Å². The first kappa shape index (κ1) is 14.6. The molecular formula is C16H20FNO2. The van der Waals surface area contributed by atoms with Crippen LogP contribution in [0.1, 0.15) is 43.0 Å². The molecule has 0 saturated carbocycles. The van der Waals surface area contributed by atoms with Crippen LogP contribution in [0.3, 0.4) is 0 Å². The van der Waals surface area contributed by atoms with E-state index >= 15 is 0 Å². The molecule has 0 amide bonds. The molecule has 1 N–H and O–H groups in total. The Hall–Kier alpha value is -1.84. The summed E-state index contributed by atoms with van der Waals surface area (Å²) < 4.78 is 12.9. The Morgan fingerprint density at radius 2 is 2.10 bits per heavy atom. The van der Waals surface area contributed by atoms with Crippen LogP contribution in [0.4, 0.5) is 4.39 Å². The third-order valence-corrected chi connectivity index (χ3v) is 3.79. The van der Waals surface area contributed by atoms with Gasteiger partial charge in [-0.25, -0.2) is 4.39 Å². The van der Waals surface area contributed by atoms with Gasteiger partial charge in [0, 0.05) is 17.8 Å². The normalized spacial score (nSPS) is 19.1. The third kappa shape index (κ3) is 3.00. The summed E-state index contributed by atoms with van der Waals surface area (Å²) in [6.45, 7) is 2.73. The van der Waals surface area contributed by atoms with Gasteiger partial charge in [-0.1, -0.05) is 6.92 Å². The number of benzene rings is 1. The first-order valence-corrected chi connectivity index (χ1v) is 7.07. The van der Waals surface area contributed by atoms with E-state index in [0.717, 1.165) is 37.8 Å². The first-order valence-electron chi connectivity index (χ1n) is 7.07. The molecule has 2 rings (SSSR count). The van der Waals surface area contributed by atoms with Crippen molar-refractivity contribution in [2.45, 2.75) is 38.6 Å². The number of Topliss-reactive ketones (excluding diaryl/α,β-unsaturated/α-hetero) is 1. The molecular weight excluding hydrogens is 257 g/mol. The maximum absolute atomic E-state index is 12.9. The maximum Gasteiger partial charge on any atom is 0.185 e. The van der Waals surface area contributed by atoms with E-state index in [1.807, 2.05) is 11.8 Å². The summed E-state index contributed by atoms with van der Waals surface area (Å²) in [6, 6.07) is 5.36. The van der Waals surface area contributed by atoms with E-state index in [0.29, 0.717) is 12.0 Å². The lowest BCUT2D eigenvalue weighted by Gasteiger charge is -2.36. The largest absolute Gasteiger partial charge is 0.514 e. The number of hydrogen-bond acceptors (Lipinski definition) is 3. The number of carbonyl (C=O) groups excluding carboxylic acids is 1. The molecule has 0 spiro atoms. The molecule has 1 aliphatic rings. The molecule has 108 valence electrons. The second-order valence-corrected chi connectivity index (χ2v) is 5.07. The lowest BCUT2D eigenvalue weighted by molar-refractivity contribution is 0.0829. The fourth-order valence-electron chi connectivity index (χ4n) is 2.72. The molecule has 1 saturated heterocycles. The highest BCUT2D eigenvalue weighted by atomic mass is 19.1. The van der Waals surface area contributed by atoms with Gasteiger partial charge in [0.25, 0.3) is 0 Å². The van der Waals surface area contributed by atoms with E-state index in [4.69, 9.17) is 0 Å². The molecule has 0 aliphatic carbocycles. The van der Waals surface area contributed by atoms with Crippen molar-refractivity contribution in [3.63, 3.8) is 0 Å². The number of aliphatic hydroxyl groups excluding tert-OH is 1. The van der Waals surface area contributed by atoms with Gasteiger partial charge < -0.3 is 10.0 Å². The zero-order valence-electron chi connectivity index (χ0n) is 11.7. The van der Waals surface area contributed by atoms with Gasteiger partial charge in [-0.15, -0.1) is 0 Å². The van der Waals surface area contributed by atoms with Crippen molar-refractivity contribution in [1.82, 2.24) is 4.90 Å². The van der Waals surface area contributed by atoms with Crippen molar-refractivity contribution < 1.29 is 14.3 Å². The van der Waals surface area contributed by atoms with E-state index in [1.54, 1.807) is 0 Å². The Bertz CT molecular complexity index is 496.